The van der Waals surface area contributed by atoms with Gasteiger partial charge >= 0.3 is 0 Å². The van der Waals surface area contributed by atoms with Crippen LogP contribution in [0.4, 0.5) is 15.8 Å². The van der Waals surface area contributed by atoms with Crippen LogP contribution in [-0.2, 0) is 20.9 Å². The summed E-state index contributed by atoms with van der Waals surface area (Å²) in [6, 6.07) is 24.2. The van der Waals surface area contributed by atoms with E-state index in [0.29, 0.717) is 80.2 Å². The minimum Gasteiger partial charge on any atom is -0.490 e. The molecule has 3 aliphatic rings. The third-order valence-electron chi connectivity index (χ3n) is 11.4. The predicted octanol–water partition coefficient (Wildman–Crippen LogP) is 4.08. The standard InChI is InChI=1S/C45H45FN10O5/c46-37-23-35(7-8-39(37)50-40-9-11-41(57)51-45(40)60)54-17-19-55(20-18-54)43(59)28-53-15-13-30(14-16-53)29-61-36-25-48-44(49-26-36)34-6-2-4-32(22-34)27-56-42(58)12-10-38(52-56)33-5-1-3-31(21-33)24-47/h1-8,10,12,21-23,25-26,30,40,50H,9,11,13-20,27-29H2,(H,51,57,60). The Morgan fingerprint density at radius 3 is 2.41 bits per heavy atom. The molecule has 3 aromatic carbocycles. The number of piperidine rings is 2. The lowest BCUT2D eigenvalue weighted by molar-refractivity contribution is -0.134. The fourth-order valence-corrected chi connectivity index (χ4v) is 7.85. The molecule has 3 fully saturated rings. The molecule has 0 saturated carbocycles. The number of carbonyl (C=O) groups excluding carboxylic acids is 3. The van der Waals surface area contributed by atoms with Crippen LogP contribution < -0.4 is 25.8 Å². The van der Waals surface area contributed by atoms with Gasteiger partial charge in [0.05, 0.1) is 55.1 Å². The van der Waals surface area contributed by atoms with Crippen LogP contribution in [0.3, 0.4) is 0 Å². The minimum absolute atomic E-state index is 0.0888. The van der Waals surface area contributed by atoms with E-state index in [0.717, 1.165) is 42.6 Å². The second kappa shape index (κ2) is 18.5. The Balaban J connectivity index is 0.760. The number of hydrogen-bond acceptors (Lipinski definition) is 12. The molecule has 1 atom stereocenters. The van der Waals surface area contributed by atoms with Crippen molar-refractivity contribution >= 4 is 29.1 Å². The van der Waals surface area contributed by atoms with Gasteiger partial charge in [0.25, 0.3) is 5.56 Å². The van der Waals surface area contributed by atoms with Crippen molar-refractivity contribution in [3.8, 4) is 34.5 Å². The van der Waals surface area contributed by atoms with Crippen molar-refractivity contribution in [1.82, 2.24) is 34.9 Å². The van der Waals surface area contributed by atoms with Gasteiger partial charge in [-0.15, -0.1) is 0 Å². The Labute approximate surface area is 351 Å². The van der Waals surface area contributed by atoms with E-state index < -0.39 is 17.8 Å². The summed E-state index contributed by atoms with van der Waals surface area (Å²) in [6.07, 6.45) is 5.66. The molecule has 312 valence electrons. The van der Waals surface area contributed by atoms with E-state index in [9.17, 15) is 24.4 Å². The topological polar surface area (TPSA) is 179 Å². The maximum Gasteiger partial charge on any atom is 0.267 e. The Kier molecular flexibility index (Phi) is 12.4. The first-order valence-corrected chi connectivity index (χ1v) is 20.4. The number of likely N-dealkylation sites (tertiary alicyclic amines) is 1. The number of benzene rings is 3. The molecule has 15 nitrogen and oxygen atoms in total. The largest absolute Gasteiger partial charge is 0.490 e. The number of nitrogens with one attached hydrogen (secondary N) is 2. The first kappa shape index (κ1) is 40.8. The highest BCUT2D eigenvalue weighted by Crippen LogP contribution is 2.26. The molecule has 2 N–H and O–H groups in total. The number of imide groups is 1. The lowest BCUT2D eigenvalue weighted by atomic mass is 9.98. The summed E-state index contributed by atoms with van der Waals surface area (Å²) >= 11 is 0. The number of amides is 3. The van der Waals surface area contributed by atoms with Gasteiger partial charge in [0.1, 0.15) is 11.9 Å². The highest BCUT2D eigenvalue weighted by molar-refractivity contribution is 6.01. The molecule has 5 aromatic rings. The zero-order valence-electron chi connectivity index (χ0n) is 33.5. The maximum absolute atomic E-state index is 15.0. The van der Waals surface area contributed by atoms with Gasteiger partial charge in [0.2, 0.25) is 17.7 Å². The van der Waals surface area contributed by atoms with Crippen molar-refractivity contribution in [3.63, 3.8) is 0 Å². The van der Waals surface area contributed by atoms with Crippen LogP contribution >= 0.6 is 0 Å². The van der Waals surface area contributed by atoms with Crippen molar-refractivity contribution in [2.75, 3.05) is 62.6 Å². The smallest absolute Gasteiger partial charge is 0.267 e. The number of halogens is 1. The summed E-state index contributed by atoms with van der Waals surface area (Å²) in [6.45, 7) is 4.98. The Hall–Kier alpha value is -6.99. The Morgan fingerprint density at radius 1 is 0.885 bits per heavy atom. The number of aromatic nitrogens is 4. The number of anilines is 2. The highest BCUT2D eigenvalue weighted by Gasteiger charge is 2.29. The first-order valence-electron chi connectivity index (χ1n) is 20.4. The van der Waals surface area contributed by atoms with E-state index in [4.69, 9.17) is 4.74 Å². The summed E-state index contributed by atoms with van der Waals surface area (Å²) in [5.41, 5.74) is 4.20. The molecule has 16 heteroatoms. The van der Waals surface area contributed by atoms with Gasteiger partial charge in [-0.1, -0.05) is 30.3 Å². The molecule has 0 bridgehead atoms. The molecule has 0 spiro atoms. The summed E-state index contributed by atoms with van der Waals surface area (Å²) < 4.78 is 22.5. The lowest BCUT2D eigenvalue weighted by Crippen LogP contribution is -2.52. The van der Waals surface area contributed by atoms with Gasteiger partial charge in [0, 0.05) is 55.5 Å². The van der Waals surface area contributed by atoms with E-state index in [2.05, 4.69) is 41.6 Å². The zero-order chi connectivity index (χ0) is 42.3. The van der Waals surface area contributed by atoms with Gasteiger partial charge in [-0.2, -0.15) is 10.4 Å². The molecular formula is C45H45FN10O5. The molecule has 1 unspecified atom stereocenters. The molecule has 5 heterocycles. The first-order chi connectivity index (χ1) is 29.7. The van der Waals surface area contributed by atoms with Crippen molar-refractivity contribution in [3.05, 3.63) is 119 Å². The number of rotatable bonds is 12. The van der Waals surface area contributed by atoms with E-state index in [-0.39, 0.29) is 36.0 Å². The van der Waals surface area contributed by atoms with Crippen LogP contribution in [0, 0.1) is 23.1 Å². The van der Waals surface area contributed by atoms with E-state index in [1.165, 1.54) is 16.8 Å². The molecule has 3 aliphatic heterocycles. The van der Waals surface area contributed by atoms with Crippen molar-refractivity contribution in [2.24, 2.45) is 5.92 Å². The maximum atomic E-state index is 15.0. The molecule has 0 radical (unpaired) electrons. The number of nitrogens with zero attached hydrogens (tertiary/aromatic N) is 8. The summed E-state index contributed by atoms with van der Waals surface area (Å²) in [4.78, 5) is 64.7. The molecular weight excluding hydrogens is 780 g/mol. The second-order valence-corrected chi connectivity index (χ2v) is 15.6. The third-order valence-corrected chi connectivity index (χ3v) is 11.4. The number of nitriles is 1. The van der Waals surface area contributed by atoms with Crippen molar-refractivity contribution < 1.29 is 23.5 Å². The Morgan fingerprint density at radius 2 is 1.66 bits per heavy atom. The quantitative estimate of drug-likeness (QED) is 0.173. The average molecular weight is 825 g/mol. The molecule has 3 saturated heterocycles. The number of piperazine rings is 1. The fourth-order valence-electron chi connectivity index (χ4n) is 7.85. The number of ether oxygens (including phenoxy) is 1. The molecule has 61 heavy (non-hydrogen) atoms. The monoisotopic (exact) mass is 824 g/mol. The number of carbonyl (C=O) groups is 3. The van der Waals surface area contributed by atoms with Gasteiger partial charge < -0.3 is 19.9 Å². The average Bonchev–Trinajstić information content (AvgIpc) is 3.28. The SMILES string of the molecule is N#Cc1cccc(-c2ccc(=O)n(Cc3cccc(-c4ncc(OCC5CCN(CC(=O)N6CCN(c7ccc(NC8CCC(=O)NC8=O)c(F)c7)CC6)CC5)cn4)c3)n2)c1. The lowest BCUT2D eigenvalue weighted by Gasteiger charge is -2.38. The van der Waals surface area contributed by atoms with Crippen LogP contribution in [-0.4, -0.2) is 106 Å². The second-order valence-electron chi connectivity index (χ2n) is 15.6. The Bertz CT molecular complexity index is 2510. The molecule has 0 aliphatic carbocycles. The fraction of sp³-hybridized carbons (Fsp3) is 0.333. The van der Waals surface area contributed by atoms with Gasteiger partial charge in [-0.3, -0.25) is 29.4 Å². The number of hydrogen-bond donors (Lipinski definition) is 2. The summed E-state index contributed by atoms with van der Waals surface area (Å²) in [7, 11) is 0. The molecule has 3 amide bonds. The van der Waals surface area contributed by atoms with Gasteiger partial charge in [-0.05, 0) is 86.3 Å². The zero-order valence-corrected chi connectivity index (χ0v) is 33.5. The third kappa shape index (κ3) is 10.1. The van der Waals surface area contributed by atoms with Gasteiger partial charge in [0.15, 0.2) is 11.6 Å². The minimum atomic E-state index is -0.664. The molecule has 8 rings (SSSR count). The van der Waals surface area contributed by atoms with E-state index in [1.807, 2.05) is 35.2 Å². The predicted molar refractivity (Wildman–Crippen MR) is 225 cm³/mol. The van der Waals surface area contributed by atoms with Crippen molar-refractivity contribution in [2.45, 2.75) is 38.3 Å². The van der Waals surface area contributed by atoms with Gasteiger partial charge in [-0.25, -0.2) is 19.0 Å². The summed E-state index contributed by atoms with van der Waals surface area (Å²) in [5.74, 6) is 0.277. The van der Waals surface area contributed by atoms with Crippen LogP contribution in [0.15, 0.2) is 96.1 Å². The van der Waals surface area contributed by atoms with Crippen LogP contribution in [0.1, 0.15) is 36.8 Å². The summed E-state index contributed by atoms with van der Waals surface area (Å²) in [5, 5.41) is 19.0. The normalized spacial score (nSPS) is 17.4. The van der Waals surface area contributed by atoms with Crippen LogP contribution in [0.2, 0.25) is 0 Å². The van der Waals surface area contributed by atoms with Crippen molar-refractivity contribution in [1.29, 1.82) is 5.26 Å². The van der Waals surface area contributed by atoms with E-state index in [1.54, 1.807) is 48.8 Å². The van der Waals surface area contributed by atoms with Crippen LogP contribution in [0.25, 0.3) is 22.6 Å². The van der Waals surface area contributed by atoms with Crippen LogP contribution in [0.5, 0.6) is 5.75 Å². The highest BCUT2D eigenvalue weighted by atomic mass is 19.1. The molecule has 2 aromatic heterocycles. The van der Waals surface area contributed by atoms with E-state index >= 15 is 4.39 Å².